The number of aromatic nitrogens is 2. The van der Waals surface area contributed by atoms with Crippen LogP contribution in [0.2, 0.25) is 0 Å². The predicted octanol–water partition coefficient (Wildman–Crippen LogP) is 3.58. The van der Waals surface area contributed by atoms with Crippen LogP contribution in [0.1, 0.15) is 37.4 Å². The van der Waals surface area contributed by atoms with Crippen LogP contribution in [0.25, 0.3) is 11.0 Å². The quantitative estimate of drug-likeness (QED) is 0.618. The number of ether oxygens (including phenoxy) is 1. The van der Waals surface area contributed by atoms with E-state index in [2.05, 4.69) is 0 Å². The highest BCUT2D eigenvalue weighted by Gasteiger charge is 2.36. The number of carbonyl (C=O) groups is 2. The molecule has 0 spiro atoms. The van der Waals surface area contributed by atoms with Crippen molar-refractivity contribution in [2.75, 3.05) is 31.6 Å². The van der Waals surface area contributed by atoms with Crippen molar-refractivity contribution in [3.8, 4) is 5.75 Å². The second-order valence-corrected chi connectivity index (χ2v) is 8.56. The molecule has 166 valence electrons. The van der Waals surface area contributed by atoms with Gasteiger partial charge >= 0.3 is 0 Å². The van der Waals surface area contributed by atoms with Crippen LogP contribution in [0.4, 0.5) is 5.69 Å². The molecular formula is C25H28N4O3. The molecule has 1 unspecified atom stereocenters. The largest absolute Gasteiger partial charge is 0.495 e. The topological polar surface area (TPSA) is 67.7 Å². The minimum absolute atomic E-state index is 0.0421. The van der Waals surface area contributed by atoms with E-state index in [0.717, 1.165) is 48.5 Å². The Bertz CT molecular complexity index is 1150. The molecule has 1 aromatic heterocycles. The van der Waals surface area contributed by atoms with Crippen molar-refractivity contribution < 1.29 is 14.3 Å². The molecule has 7 heteroatoms. The molecule has 2 saturated heterocycles. The molecule has 5 rings (SSSR count). The van der Waals surface area contributed by atoms with Crippen LogP contribution in [0.15, 0.2) is 48.5 Å². The first-order valence-corrected chi connectivity index (χ1v) is 11.3. The van der Waals surface area contributed by atoms with Gasteiger partial charge in [-0.15, -0.1) is 0 Å². The lowest BCUT2D eigenvalue weighted by Crippen LogP contribution is -2.38. The minimum atomic E-state index is -0.0889. The number of hydrogen-bond donors (Lipinski definition) is 0. The predicted molar refractivity (Wildman–Crippen MR) is 123 cm³/mol. The molecule has 0 radical (unpaired) electrons. The van der Waals surface area contributed by atoms with Gasteiger partial charge in [-0.3, -0.25) is 9.59 Å². The van der Waals surface area contributed by atoms with E-state index in [1.54, 1.807) is 12.0 Å². The number of nitrogens with zero attached hydrogens (tertiary/aromatic N) is 4. The van der Waals surface area contributed by atoms with Gasteiger partial charge in [0.25, 0.3) is 0 Å². The maximum Gasteiger partial charge on any atom is 0.242 e. The highest BCUT2D eigenvalue weighted by molar-refractivity contribution is 5.98. The Morgan fingerprint density at radius 2 is 1.81 bits per heavy atom. The second-order valence-electron chi connectivity index (χ2n) is 8.56. The standard InChI is InChI=1S/C25H28N4O3/c1-32-22-12-6-5-11-21(22)28-16-18(15-23(28)30)25-26-19-9-3-4-10-20(19)29(25)17-24(31)27-13-7-2-8-14-27/h3-6,9-12,18H,2,7-8,13-17H2,1H3. The highest BCUT2D eigenvalue weighted by Crippen LogP contribution is 2.37. The van der Waals surface area contributed by atoms with Crippen LogP contribution < -0.4 is 9.64 Å². The third-order valence-corrected chi connectivity index (χ3v) is 6.55. The monoisotopic (exact) mass is 432 g/mol. The maximum atomic E-state index is 13.1. The Balaban J connectivity index is 1.47. The molecule has 3 heterocycles. The second kappa shape index (κ2) is 8.65. The number of imidazole rings is 1. The van der Waals surface area contributed by atoms with E-state index in [9.17, 15) is 9.59 Å². The van der Waals surface area contributed by atoms with E-state index in [-0.39, 0.29) is 24.3 Å². The van der Waals surface area contributed by atoms with E-state index in [1.165, 1.54) is 6.42 Å². The normalized spacial score (nSPS) is 19.0. The molecule has 2 aromatic carbocycles. The third kappa shape index (κ3) is 3.72. The Hall–Kier alpha value is -3.35. The summed E-state index contributed by atoms with van der Waals surface area (Å²) in [5, 5.41) is 0. The first-order chi connectivity index (χ1) is 15.7. The van der Waals surface area contributed by atoms with Crippen molar-refractivity contribution in [2.45, 2.75) is 38.1 Å². The van der Waals surface area contributed by atoms with E-state index in [0.29, 0.717) is 18.7 Å². The van der Waals surface area contributed by atoms with E-state index in [1.807, 2.05) is 58.0 Å². The van der Waals surface area contributed by atoms with Crippen LogP contribution in [0.5, 0.6) is 5.75 Å². The number of hydrogen-bond acceptors (Lipinski definition) is 4. The minimum Gasteiger partial charge on any atom is -0.495 e. The summed E-state index contributed by atoms with van der Waals surface area (Å²) in [6.07, 6.45) is 3.67. The molecule has 2 fully saturated rings. The number of carbonyl (C=O) groups excluding carboxylic acids is 2. The van der Waals surface area contributed by atoms with Crippen molar-refractivity contribution >= 4 is 28.5 Å². The first kappa shape index (κ1) is 20.5. The van der Waals surface area contributed by atoms with E-state index < -0.39 is 0 Å². The average Bonchev–Trinajstić information content (AvgIpc) is 3.40. The summed E-state index contributed by atoms with van der Waals surface area (Å²) in [6, 6.07) is 15.5. The van der Waals surface area contributed by atoms with Gasteiger partial charge in [0.1, 0.15) is 18.1 Å². The smallest absolute Gasteiger partial charge is 0.242 e. The molecule has 0 bridgehead atoms. The molecular weight excluding hydrogens is 404 g/mol. The van der Waals surface area contributed by atoms with Gasteiger partial charge in [-0.1, -0.05) is 24.3 Å². The van der Waals surface area contributed by atoms with Crippen molar-refractivity contribution in [2.24, 2.45) is 0 Å². The summed E-state index contributed by atoms with van der Waals surface area (Å²) in [5.41, 5.74) is 2.57. The molecule has 1 atom stereocenters. The fourth-order valence-electron chi connectivity index (χ4n) is 4.92. The highest BCUT2D eigenvalue weighted by atomic mass is 16.5. The summed E-state index contributed by atoms with van der Waals surface area (Å²) in [7, 11) is 1.61. The lowest BCUT2D eigenvalue weighted by Gasteiger charge is -2.27. The molecule has 0 aliphatic carbocycles. The number of para-hydroxylation sites is 4. The molecule has 2 aliphatic heterocycles. The summed E-state index contributed by atoms with van der Waals surface area (Å²) in [5.74, 6) is 1.56. The molecule has 7 nitrogen and oxygen atoms in total. The van der Waals surface area contributed by atoms with Crippen molar-refractivity contribution in [3.63, 3.8) is 0 Å². The number of piperidine rings is 1. The van der Waals surface area contributed by atoms with Gasteiger partial charge in [0.05, 0.1) is 23.8 Å². The van der Waals surface area contributed by atoms with Crippen molar-refractivity contribution in [1.82, 2.24) is 14.5 Å². The van der Waals surface area contributed by atoms with Crippen LogP contribution in [-0.2, 0) is 16.1 Å². The zero-order chi connectivity index (χ0) is 22.1. The van der Waals surface area contributed by atoms with Crippen LogP contribution in [0.3, 0.4) is 0 Å². The summed E-state index contributed by atoms with van der Waals surface area (Å²) in [4.78, 5) is 34.7. The number of amides is 2. The van der Waals surface area contributed by atoms with Crippen LogP contribution in [0, 0.1) is 0 Å². The fourth-order valence-corrected chi connectivity index (χ4v) is 4.92. The lowest BCUT2D eigenvalue weighted by molar-refractivity contribution is -0.132. The maximum absolute atomic E-state index is 13.1. The van der Waals surface area contributed by atoms with Gasteiger partial charge in [-0.2, -0.15) is 0 Å². The van der Waals surface area contributed by atoms with Crippen LogP contribution in [-0.4, -0.2) is 53.0 Å². The number of fused-ring (bicyclic) bond motifs is 1. The van der Waals surface area contributed by atoms with Gasteiger partial charge in [0.15, 0.2) is 0 Å². The summed E-state index contributed by atoms with van der Waals surface area (Å²) >= 11 is 0. The lowest BCUT2D eigenvalue weighted by atomic mass is 10.1. The van der Waals surface area contributed by atoms with Crippen LogP contribution >= 0.6 is 0 Å². The van der Waals surface area contributed by atoms with Gasteiger partial charge in [-0.05, 0) is 43.5 Å². The zero-order valence-electron chi connectivity index (χ0n) is 18.4. The summed E-state index contributed by atoms with van der Waals surface area (Å²) < 4.78 is 7.50. The Kier molecular flexibility index (Phi) is 5.55. The Labute approximate surface area is 187 Å². The first-order valence-electron chi connectivity index (χ1n) is 11.3. The number of likely N-dealkylation sites (tertiary alicyclic amines) is 1. The summed E-state index contributed by atoms with van der Waals surface area (Å²) in [6.45, 7) is 2.42. The average molecular weight is 433 g/mol. The van der Waals surface area contributed by atoms with Gasteiger partial charge < -0.3 is 19.1 Å². The zero-order valence-corrected chi connectivity index (χ0v) is 18.4. The molecule has 2 amide bonds. The SMILES string of the molecule is COc1ccccc1N1CC(c2nc3ccccc3n2CC(=O)N2CCCCC2)CC1=O. The van der Waals surface area contributed by atoms with Gasteiger partial charge in [-0.25, -0.2) is 4.98 Å². The molecule has 3 aromatic rings. The van der Waals surface area contributed by atoms with Crippen molar-refractivity contribution in [1.29, 1.82) is 0 Å². The van der Waals surface area contributed by atoms with Gasteiger partial charge in [0, 0.05) is 32.0 Å². The fraction of sp³-hybridized carbons (Fsp3) is 0.400. The molecule has 0 saturated carbocycles. The van der Waals surface area contributed by atoms with Crippen molar-refractivity contribution in [3.05, 3.63) is 54.4 Å². The van der Waals surface area contributed by atoms with Gasteiger partial charge in [0.2, 0.25) is 11.8 Å². The van der Waals surface area contributed by atoms with E-state index >= 15 is 0 Å². The number of rotatable bonds is 5. The third-order valence-electron chi connectivity index (χ3n) is 6.55. The number of anilines is 1. The Morgan fingerprint density at radius 1 is 1.06 bits per heavy atom. The number of methoxy groups -OCH3 is 1. The molecule has 32 heavy (non-hydrogen) atoms. The number of benzene rings is 2. The molecule has 2 aliphatic rings. The Morgan fingerprint density at radius 3 is 2.62 bits per heavy atom. The molecule has 0 N–H and O–H groups in total. The van der Waals surface area contributed by atoms with E-state index in [4.69, 9.17) is 9.72 Å².